The van der Waals surface area contributed by atoms with Crippen molar-refractivity contribution in [3.63, 3.8) is 0 Å². The predicted molar refractivity (Wildman–Crippen MR) is 87.0 cm³/mol. The molecule has 0 amide bonds. The third-order valence-corrected chi connectivity index (χ3v) is 3.68. The monoisotopic (exact) mass is 325 g/mol. The van der Waals surface area contributed by atoms with Crippen LogP contribution in [0.3, 0.4) is 0 Å². The maximum atomic E-state index is 11.9. The summed E-state index contributed by atoms with van der Waals surface area (Å²) in [6, 6.07) is 0. The fraction of sp³-hybridized carbons (Fsp3) is 0.706. The highest BCUT2D eigenvalue weighted by atomic mass is 16.6. The SMILES string of the molecule is CCOC(=O)C(CCCCC1=CCCC1=NOC)C(=O)OCC. The van der Waals surface area contributed by atoms with Crippen molar-refractivity contribution in [2.75, 3.05) is 20.3 Å². The molecule has 0 saturated carbocycles. The van der Waals surface area contributed by atoms with Crippen LogP contribution in [0, 0.1) is 5.92 Å². The normalized spacial score (nSPS) is 15.7. The maximum absolute atomic E-state index is 11.9. The lowest BCUT2D eigenvalue weighted by atomic mass is 9.99. The molecule has 0 aliphatic heterocycles. The van der Waals surface area contributed by atoms with Crippen LogP contribution in [0.2, 0.25) is 0 Å². The van der Waals surface area contributed by atoms with Crippen molar-refractivity contribution in [3.05, 3.63) is 11.6 Å². The summed E-state index contributed by atoms with van der Waals surface area (Å²) in [5.41, 5.74) is 2.20. The average molecular weight is 325 g/mol. The highest BCUT2D eigenvalue weighted by molar-refractivity contribution is 6.01. The van der Waals surface area contributed by atoms with Gasteiger partial charge in [-0.1, -0.05) is 17.7 Å². The molecule has 1 aliphatic rings. The number of rotatable bonds is 10. The zero-order valence-corrected chi connectivity index (χ0v) is 14.3. The summed E-state index contributed by atoms with van der Waals surface area (Å²) in [6.07, 6.45) is 7.03. The fourth-order valence-corrected chi connectivity index (χ4v) is 2.60. The third-order valence-electron chi connectivity index (χ3n) is 3.68. The Bertz CT molecular complexity index is 438. The number of carbonyl (C=O) groups is 2. The van der Waals surface area contributed by atoms with Gasteiger partial charge in [0.1, 0.15) is 7.11 Å². The highest BCUT2D eigenvalue weighted by Crippen LogP contribution is 2.23. The van der Waals surface area contributed by atoms with Gasteiger partial charge in [0.25, 0.3) is 0 Å². The molecule has 0 unspecified atom stereocenters. The van der Waals surface area contributed by atoms with Gasteiger partial charge in [0, 0.05) is 0 Å². The van der Waals surface area contributed by atoms with Crippen LogP contribution in [0.5, 0.6) is 0 Å². The molecule has 0 spiro atoms. The molecule has 0 heterocycles. The molecule has 0 saturated heterocycles. The Hall–Kier alpha value is -1.85. The van der Waals surface area contributed by atoms with E-state index in [0.717, 1.165) is 37.8 Å². The van der Waals surface area contributed by atoms with Crippen molar-refractivity contribution in [2.45, 2.75) is 52.4 Å². The van der Waals surface area contributed by atoms with E-state index in [1.54, 1.807) is 21.0 Å². The highest BCUT2D eigenvalue weighted by Gasteiger charge is 2.28. The molecule has 1 rings (SSSR count). The second-order valence-corrected chi connectivity index (χ2v) is 5.29. The number of ether oxygens (including phenoxy) is 2. The van der Waals surface area contributed by atoms with Gasteiger partial charge in [0.05, 0.1) is 18.9 Å². The van der Waals surface area contributed by atoms with E-state index >= 15 is 0 Å². The number of hydrogen-bond donors (Lipinski definition) is 0. The summed E-state index contributed by atoms with van der Waals surface area (Å²) < 4.78 is 9.93. The Labute approximate surface area is 137 Å². The number of oxime groups is 1. The minimum absolute atomic E-state index is 0.262. The van der Waals surface area contributed by atoms with E-state index in [1.165, 1.54) is 5.57 Å². The third kappa shape index (κ3) is 6.42. The molecule has 0 aromatic heterocycles. The van der Waals surface area contributed by atoms with Gasteiger partial charge in [-0.05, 0) is 51.5 Å². The summed E-state index contributed by atoms with van der Waals surface area (Å²) >= 11 is 0. The Morgan fingerprint density at radius 3 is 2.39 bits per heavy atom. The van der Waals surface area contributed by atoms with Crippen LogP contribution >= 0.6 is 0 Å². The van der Waals surface area contributed by atoms with Crippen molar-refractivity contribution in [1.82, 2.24) is 0 Å². The standard InChI is InChI=1S/C17H27NO5/c1-4-22-16(19)14(17(20)23-5-2)11-7-6-9-13-10-8-12-15(13)18-21-3/h10,14H,4-9,11-12H2,1-3H3. The molecule has 23 heavy (non-hydrogen) atoms. The molecule has 0 fully saturated rings. The van der Waals surface area contributed by atoms with E-state index < -0.39 is 17.9 Å². The summed E-state index contributed by atoms with van der Waals surface area (Å²) in [6.45, 7) is 3.98. The molecule has 0 aromatic rings. The van der Waals surface area contributed by atoms with Gasteiger partial charge in [0.2, 0.25) is 0 Å². The lowest BCUT2D eigenvalue weighted by molar-refractivity contribution is -0.161. The minimum Gasteiger partial charge on any atom is -0.465 e. The summed E-state index contributed by atoms with van der Waals surface area (Å²) in [7, 11) is 1.55. The van der Waals surface area contributed by atoms with E-state index in [0.29, 0.717) is 6.42 Å². The zero-order chi connectivity index (χ0) is 17.1. The van der Waals surface area contributed by atoms with E-state index in [4.69, 9.17) is 14.3 Å². The van der Waals surface area contributed by atoms with Crippen molar-refractivity contribution in [1.29, 1.82) is 0 Å². The first-order chi connectivity index (χ1) is 11.1. The second kappa shape index (κ2) is 10.8. The van der Waals surface area contributed by atoms with E-state index in [-0.39, 0.29) is 13.2 Å². The first-order valence-corrected chi connectivity index (χ1v) is 8.26. The van der Waals surface area contributed by atoms with E-state index in [9.17, 15) is 9.59 Å². The van der Waals surface area contributed by atoms with Crippen molar-refractivity contribution >= 4 is 17.7 Å². The van der Waals surface area contributed by atoms with E-state index in [2.05, 4.69) is 11.2 Å². The molecule has 0 bridgehead atoms. The van der Waals surface area contributed by atoms with Gasteiger partial charge in [-0.3, -0.25) is 9.59 Å². The fourth-order valence-electron chi connectivity index (χ4n) is 2.60. The number of carbonyl (C=O) groups excluding carboxylic acids is 2. The van der Waals surface area contributed by atoms with Gasteiger partial charge in [-0.15, -0.1) is 0 Å². The molecule has 130 valence electrons. The molecule has 6 nitrogen and oxygen atoms in total. The second-order valence-electron chi connectivity index (χ2n) is 5.29. The van der Waals surface area contributed by atoms with Gasteiger partial charge >= 0.3 is 11.9 Å². The first kappa shape index (κ1) is 19.2. The van der Waals surface area contributed by atoms with Crippen molar-refractivity contribution in [2.24, 2.45) is 11.1 Å². The molecule has 1 aliphatic carbocycles. The summed E-state index contributed by atoms with van der Waals surface area (Å²) in [5.74, 6) is -1.81. The largest absolute Gasteiger partial charge is 0.465 e. The van der Waals surface area contributed by atoms with Gasteiger partial charge in [-0.2, -0.15) is 0 Å². The lowest BCUT2D eigenvalue weighted by Crippen LogP contribution is -2.28. The van der Waals surface area contributed by atoms with Crippen LogP contribution in [-0.2, 0) is 23.9 Å². The zero-order valence-electron chi connectivity index (χ0n) is 14.3. The van der Waals surface area contributed by atoms with Crippen LogP contribution in [0.4, 0.5) is 0 Å². The predicted octanol–water partition coefficient (Wildman–Crippen LogP) is 3.01. The summed E-state index contributed by atoms with van der Waals surface area (Å²) in [5, 5.41) is 4.02. The van der Waals surface area contributed by atoms with Crippen LogP contribution in [0.25, 0.3) is 0 Å². The minimum atomic E-state index is -0.820. The van der Waals surface area contributed by atoms with Gasteiger partial charge < -0.3 is 14.3 Å². The number of hydrogen-bond acceptors (Lipinski definition) is 6. The molecule has 0 N–H and O–H groups in total. The molecular weight excluding hydrogens is 298 g/mol. The Morgan fingerprint density at radius 1 is 1.17 bits per heavy atom. The molecule has 0 radical (unpaired) electrons. The van der Waals surface area contributed by atoms with E-state index in [1.807, 2.05) is 0 Å². The number of nitrogens with zero attached hydrogens (tertiary/aromatic N) is 1. The molecule has 6 heteroatoms. The number of unbranched alkanes of at least 4 members (excludes halogenated alkanes) is 1. The van der Waals surface area contributed by atoms with Crippen LogP contribution in [0.15, 0.2) is 16.8 Å². The van der Waals surface area contributed by atoms with Gasteiger partial charge in [0.15, 0.2) is 5.92 Å². The number of allylic oxidation sites excluding steroid dienone is 2. The quantitative estimate of drug-likeness (QED) is 0.267. The van der Waals surface area contributed by atoms with Crippen molar-refractivity contribution < 1.29 is 23.9 Å². The van der Waals surface area contributed by atoms with Crippen molar-refractivity contribution in [3.8, 4) is 0 Å². The van der Waals surface area contributed by atoms with Crippen LogP contribution in [-0.4, -0.2) is 38.0 Å². The Morgan fingerprint density at radius 2 is 1.83 bits per heavy atom. The lowest BCUT2D eigenvalue weighted by Gasteiger charge is -2.14. The van der Waals surface area contributed by atoms with Gasteiger partial charge in [-0.25, -0.2) is 0 Å². The average Bonchev–Trinajstić information content (AvgIpc) is 2.95. The molecule has 0 atom stereocenters. The summed E-state index contributed by atoms with van der Waals surface area (Å²) in [4.78, 5) is 28.6. The topological polar surface area (TPSA) is 74.2 Å². The van der Waals surface area contributed by atoms with Crippen LogP contribution < -0.4 is 0 Å². The van der Waals surface area contributed by atoms with Crippen LogP contribution in [0.1, 0.15) is 52.4 Å². The molecule has 0 aromatic carbocycles. The molecular formula is C17H27NO5. The maximum Gasteiger partial charge on any atom is 0.320 e. The Kier molecular flexibility index (Phi) is 9.02. The Balaban J connectivity index is 2.44. The number of esters is 2. The smallest absolute Gasteiger partial charge is 0.320 e. The first-order valence-electron chi connectivity index (χ1n) is 8.26.